The van der Waals surface area contributed by atoms with Gasteiger partial charge in [-0.2, -0.15) is 5.10 Å². The highest BCUT2D eigenvalue weighted by atomic mass is 35.5. The lowest BCUT2D eigenvalue weighted by atomic mass is 10.2. The predicted molar refractivity (Wildman–Crippen MR) is 76.3 cm³/mol. The van der Waals surface area contributed by atoms with E-state index in [1.165, 1.54) is 23.0 Å². The van der Waals surface area contributed by atoms with Gasteiger partial charge in [-0.1, -0.05) is 34.8 Å². The lowest BCUT2D eigenvalue weighted by Gasteiger charge is -2.06. The Morgan fingerprint density at radius 1 is 1.20 bits per heavy atom. The van der Waals surface area contributed by atoms with E-state index in [9.17, 15) is 4.79 Å². The van der Waals surface area contributed by atoms with Crippen molar-refractivity contribution in [2.45, 2.75) is 6.42 Å². The Labute approximate surface area is 129 Å². The second-order valence-corrected chi connectivity index (χ2v) is 5.17. The number of aromatic carboxylic acids is 1. The third-order valence-corrected chi connectivity index (χ3v) is 3.64. The molecule has 5 nitrogen and oxygen atoms in total. The van der Waals surface area contributed by atoms with E-state index >= 15 is 0 Å². The summed E-state index contributed by atoms with van der Waals surface area (Å²) in [5.74, 6) is -1.18. The molecule has 0 bridgehead atoms. The number of carbonyl (C=O) groups is 1. The fourth-order valence-electron chi connectivity index (χ4n) is 1.70. The van der Waals surface area contributed by atoms with E-state index in [1.807, 2.05) is 0 Å². The SMILES string of the molecule is O=C(O)c1nn(-c2cc(Cl)c(Cl)cc2Cl)cc1CCO. The van der Waals surface area contributed by atoms with Crippen molar-refractivity contribution in [3.8, 4) is 5.69 Å². The Kier molecular flexibility index (Phi) is 4.55. The molecule has 0 saturated heterocycles. The summed E-state index contributed by atoms with van der Waals surface area (Å²) >= 11 is 17.8. The van der Waals surface area contributed by atoms with Crippen LogP contribution in [-0.2, 0) is 6.42 Å². The first-order valence-electron chi connectivity index (χ1n) is 5.51. The van der Waals surface area contributed by atoms with Crippen LogP contribution in [0.4, 0.5) is 0 Å². The van der Waals surface area contributed by atoms with Gasteiger partial charge in [0.2, 0.25) is 0 Å². The van der Waals surface area contributed by atoms with Gasteiger partial charge in [0.25, 0.3) is 0 Å². The Hall–Kier alpha value is -1.27. The van der Waals surface area contributed by atoms with Gasteiger partial charge in [-0.25, -0.2) is 9.48 Å². The maximum absolute atomic E-state index is 11.1. The maximum Gasteiger partial charge on any atom is 0.356 e. The molecule has 8 heteroatoms. The molecule has 1 aromatic heterocycles. The zero-order valence-electron chi connectivity index (χ0n) is 9.98. The summed E-state index contributed by atoms with van der Waals surface area (Å²) in [4.78, 5) is 11.1. The van der Waals surface area contributed by atoms with Gasteiger partial charge in [0.15, 0.2) is 5.69 Å². The summed E-state index contributed by atoms with van der Waals surface area (Å²) in [6, 6.07) is 2.95. The molecular formula is C12H9Cl3N2O3. The van der Waals surface area contributed by atoms with Crippen molar-refractivity contribution in [2.24, 2.45) is 0 Å². The molecule has 0 aliphatic rings. The van der Waals surface area contributed by atoms with Crippen LogP contribution in [0.5, 0.6) is 0 Å². The zero-order chi connectivity index (χ0) is 14.9. The second-order valence-electron chi connectivity index (χ2n) is 3.94. The number of halogens is 3. The number of benzene rings is 1. The van der Waals surface area contributed by atoms with Crippen LogP contribution in [-0.4, -0.2) is 32.6 Å². The van der Waals surface area contributed by atoms with Crippen molar-refractivity contribution in [3.63, 3.8) is 0 Å². The van der Waals surface area contributed by atoms with Gasteiger partial charge in [0.1, 0.15) is 0 Å². The van der Waals surface area contributed by atoms with Gasteiger partial charge in [-0.3, -0.25) is 0 Å². The van der Waals surface area contributed by atoms with Crippen LogP contribution < -0.4 is 0 Å². The molecule has 2 N–H and O–H groups in total. The highest BCUT2D eigenvalue weighted by molar-refractivity contribution is 6.43. The van der Waals surface area contributed by atoms with Crippen LogP contribution in [0.1, 0.15) is 16.1 Å². The van der Waals surface area contributed by atoms with Crippen molar-refractivity contribution >= 4 is 40.8 Å². The first-order valence-corrected chi connectivity index (χ1v) is 6.65. The minimum absolute atomic E-state index is 0.138. The third kappa shape index (κ3) is 2.91. The maximum atomic E-state index is 11.1. The van der Waals surface area contributed by atoms with Crippen molar-refractivity contribution in [2.75, 3.05) is 6.61 Å². The summed E-state index contributed by atoms with van der Waals surface area (Å²) in [6.07, 6.45) is 1.67. The van der Waals surface area contributed by atoms with Crippen molar-refractivity contribution in [3.05, 3.63) is 44.7 Å². The average molecular weight is 336 g/mol. The summed E-state index contributed by atoms with van der Waals surface area (Å²) in [5.41, 5.74) is 0.677. The summed E-state index contributed by atoms with van der Waals surface area (Å²) < 4.78 is 1.30. The first kappa shape index (κ1) is 15.1. The lowest BCUT2D eigenvalue weighted by molar-refractivity contribution is 0.0688. The Morgan fingerprint density at radius 2 is 1.85 bits per heavy atom. The van der Waals surface area contributed by atoms with Crippen LogP contribution in [0.25, 0.3) is 5.69 Å². The number of nitrogens with zero attached hydrogens (tertiary/aromatic N) is 2. The van der Waals surface area contributed by atoms with E-state index in [0.29, 0.717) is 16.3 Å². The number of rotatable bonds is 4. The highest BCUT2D eigenvalue weighted by Gasteiger charge is 2.17. The molecule has 0 spiro atoms. The fourth-order valence-corrected chi connectivity index (χ4v) is 2.33. The zero-order valence-corrected chi connectivity index (χ0v) is 12.2. The molecule has 0 saturated carbocycles. The van der Waals surface area contributed by atoms with Gasteiger partial charge >= 0.3 is 5.97 Å². The number of hydrogen-bond donors (Lipinski definition) is 2. The lowest BCUT2D eigenvalue weighted by Crippen LogP contribution is -2.04. The van der Waals surface area contributed by atoms with Crippen LogP contribution in [0.2, 0.25) is 15.1 Å². The molecule has 1 aromatic carbocycles. The summed E-state index contributed by atoms with van der Waals surface area (Å²) in [5, 5.41) is 22.8. The smallest absolute Gasteiger partial charge is 0.356 e. The first-order chi connectivity index (χ1) is 9.43. The number of carboxylic acid groups (broad SMARTS) is 1. The van der Waals surface area contributed by atoms with Crippen molar-refractivity contribution in [1.82, 2.24) is 9.78 Å². The van der Waals surface area contributed by atoms with Crippen molar-refractivity contribution in [1.29, 1.82) is 0 Å². The van der Waals surface area contributed by atoms with E-state index in [4.69, 9.17) is 45.0 Å². The van der Waals surface area contributed by atoms with E-state index in [-0.39, 0.29) is 28.8 Å². The standard InChI is InChI=1S/C12H9Cl3N2O3/c13-7-3-9(15)10(4-8(7)14)17-5-6(1-2-18)11(16-17)12(19)20/h3-5,18H,1-2H2,(H,19,20). The monoisotopic (exact) mass is 334 g/mol. The Balaban J connectivity index is 2.56. The van der Waals surface area contributed by atoms with Gasteiger partial charge in [-0.15, -0.1) is 0 Å². The molecular weight excluding hydrogens is 327 g/mol. The van der Waals surface area contributed by atoms with E-state index in [2.05, 4.69) is 5.10 Å². The average Bonchev–Trinajstić information content (AvgIpc) is 2.78. The van der Waals surface area contributed by atoms with Crippen LogP contribution in [0, 0.1) is 0 Å². The van der Waals surface area contributed by atoms with Gasteiger partial charge in [0, 0.05) is 18.4 Å². The Morgan fingerprint density at radius 3 is 2.45 bits per heavy atom. The van der Waals surface area contributed by atoms with Gasteiger partial charge in [0.05, 0.1) is 20.8 Å². The number of carboxylic acids is 1. The highest BCUT2D eigenvalue weighted by Crippen LogP contribution is 2.31. The molecule has 0 atom stereocenters. The molecule has 20 heavy (non-hydrogen) atoms. The molecule has 0 amide bonds. The largest absolute Gasteiger partial charge is 0.476 e. The third-order valence-electron chi connectivity index (χ3n) is 2.61. The fraction of sp³-hybridized carbons (Fsp3) is 0.167. The number of aliphatic hydroxyl groups excluding tert-OH is 1. The molecule has 0 radical (unpaired) electrons. The summed E-state index contributed by atoms with van der Waals surface area (Å²) in [7, 11) is 0. The van der Waals surface area contributed by atoms with Crippen LogP contribution in [0.3, 0.4) is 0 Å². The van der Waals surface area contributed by atoms with Crippen molar-refractivity contribution < 1.29 is 15.0 Å². The molecule has 0 aliphatic carbocycles. The molecule has 106 valence electrons. The molecule has 0 unspecified atom stereocenters. The topological polar surface area (TPSA) is 75.3 Å². The number of aliphatic hydroxyl groups is 1. The van der Waals surface area contributed by atoms with E-state index < -0.39 is 5.97 Å². The summed E-state index contributed by atoms with van der Waals surface area (Å²) in [6.45, 7) is -0.179. The van der Waals surface area contributed by atoms with Gasteiger partial charge < -0.3 is 10.2 Å². The predicted octanol–water partition coefficient (Wildman–Crippen LogP) is 3.07. The minimum Gasteiger partial charge on any atom is -0.476 e. The quantitative estimate of drug-likeness (QED) is 0.842. The second kappa shape index (κ2) is 6.01. The molecule has 2 rings (SSSR count). The normalized spacial score (nSPS) is 10.8. The molecule has 2 aromatic rings. The molecule has 0 aliphatic heterocycles. The number of aromatic nitrogens is 2. The van der Waals surface area contributed by atoms with Crippen LogP contribution >= 0.6 is 34.8 Å². The molecule has 0 fully saturated rings. The number of hydrogen-bond acceptors (Lipinski definition) is 3. The van der Waals surface area contributed by atoms with E-state index in [1.54, 1.807) is 0 Å². The van der Waals surface area contributed by atoms with Crippen LogP contribution in [0.15, 0.2) is 18.3 Å². The van der Waals surface area contributed by atoms with Gasteiger partial charge in [-0.05, 0) is 18.6 Å². The minimum atomic E-state index is -1.18. The Bertz CT molecular complexity index is 670. The molecule has 1 heterocycles. The van der Waals surface area contributed by atoms with E-state index in [0.717, 1.165) is 0 Å².